The van der Waals surface area contributed by atoms with Crippen LogP contribution >= 0.6 is 24.0 Å². The van der Waals surface area contributed by atoms with Crippen molar-refractivity contribution in [2.24, 2.45) is 4.99 Å². The van der Waals surface area contributed by atoms with E-state index in [1.807, 2.05) is 27.2 Å². The van der Waals surface area contributed by atoms with Gasteiger partial charge < -0.3 is 20.4 Å². The fourth-order valence-corrected chi connectivity index (χ4v) is 4.91. The summed E-state index contributed by atoms with van der Waals surface area (Å²) < 4.78 is 0. The van der Waals surface area contributed by atoms with Crippen LogP contribution in [-0.4, -0.2) is 62.2 Å². The second kappa shape index (κ2) is 10.1. The molecule has 0 amide bonds. The number of hydrogen-bond acceptors (Lipinski definition) is 4. The molecule has 2 saturated heterocycles. The van der Waals surface area contributed by atoms with E-state index in [0.29, 0.717) is 18.1 Å². The van der Waals surface area contributed by atoms with Gasteiger partial charge in [0, 0.05) is 51.2 Å². The summed E-state index contributed by atoms with van der Waals surface area (Å²) in [6.07, 6.45) is 6.44. The SMILES string of the molecule is CN=C(NCc1cc(N(C)C)nc2ccccc12)NC1CC2CCCC(C1)N2C.I. The number of nitrogens with one attached hydrogen (secondary N) is 2. The van der Waals surface area contributed by atoms with Gasteiger partial charge in [-0.25, -0.2) is 4.98 Å². The molecule has 6 nitrogen and oxygen atoms in total. The molecule has 30 heavy (non-hydrogen) atoms. The zero-order valence-corrected chi connectivity index (χ0v) is 20.9. The molecule has 0 radical (unpaired) electrons. The number of pyridine rings is 1. The zero-order valence-electron chi connectivity index (χ0n) is 18.6. The molecular weight excluding hydrogens is 487 g/mol. The first kappa shape index (κ1) is 23.1. The lowest BCUT2D eigenvalue weighted by Gasteiger charge is -2.47. The number of anilines is 1. The second-order valence-electron chi connectivity index (χ2n) is 8.69. The Hall–Kier alpha value is -1.61. The summed E-state index contributed by atoms with van der Waals surface area (Å²) in [4.78, 5) is 13.9. The molecule has 7 heteroatoms. The molecule has 2 atom stereocenters. The van der Waals surface area contributed by atoms with Crippen molar-refractivity contribution in [3.8, 4) is 0 Å². The zero-order chi connectivity index (χ0) is 20.4. The van der Waals surface area contributed by atoms with Crippen LogP contribution in [-0.2, 0) is 6.54 Å². The van der Waals surface area contributed by atoms with Crippen molar-refractivity contribution in [2.45, 2.75) is 56.8 Å². The molecule has 2 unspecified atom stereocenters. The van der Waals surface area contributed by atoms with E-state index < -0.39 is 0 Å². The number of nitrogens with zero attached hydrogens (tertiary/aromatic N) is 4. The molecule has 3 heterocycles. The predicted molar refractivity (Wildman–Crippen MR) is 137 cm³/mol. The van der Waals surface area contributed by atoms with E-state index in [1.165, 1.54) is 43.1 Å². The predicted octanol–water partition coefficient (Wildman–Crippen LogP) is 3.60. The Morgan fingerprint density at radius 1 is 1.20 bits per heavy atom. The number of guanidine groups is 1. The Morgan fingerprint density at radius 3 is 2.57 bits per heavy atom. The van der Waals surface area contributed by atoms with Crippen LogP contribution in [0.15, 0.2) is 35.3 Å². The molecule has 2 fully saturated rings. The molecular formula is C23H35IN6. The summed E-state index contributed by atoms with van der Waals surface area (Å²) >= 11 is 0. The number of aliphatic imine (C=N–C) groups is 1. The maximum absolute atomic E-state index is 4.76. The molecule has 0 saturated carbocycles. The fourth-order valence-electron chi connectivity index (χ4n) is 4.91. The van der Waals surface area contributed by atoms with Gasteiger partial charge in [0.25, 0.3) is 0 Å². The first-order chi connectivity index (χ1) is 14.0. The van der Waals surface area contributed by atoms with Crippen LogP contribution in [0.1, 0.15) is 37.7 Å². The molecule has 2 aliphatic rings. The average Bonchev–Trinajstić information content (AvgIpc) is 2.71. The second-order valence-corrected chi connectivity index (χ2v) is 8.69. The van der Waals surface area contributed by atoms with Crippen LogP contribution in [0.3, 0.4) is 0 Å². The summed E-state index contributed by atoms with van der Waals surface area (Å²) in [5, 5.41) is 8.43. The van der Waals surface area contributed by atoms with Crippen molar-refractivity contribution in [3.05, 3.63) is 35.9 Å². The van der Waals surface area contributed by atoms with Gasteiger partial charge in [-0.05, 0) is 50.4 Å². The number of para-hydroxylation sites is 1. The van der Waals surface area contributed by atoms with Gasteiger partial charge in [0.2, 0.25) is 0 Å². The molecule has 1 aromatic heterocycles. The molecule has 2 N–H and O–H groups in total. The maximum atomic E-state index is 4.76. The Kier molecular flexibility index (Phi) is 7.79. The van der Waals surface area contributed by atoms with Crippen molar-refractivity contribution in [2.75, 3.05) is 33.1 Å². The van der Waals surface area contributed by atoms with Crippen LogP contribution in [0.2, 0.25) is 0 Å². The van der Waals surface area contributed by atoms with Crippen molar-refractivity contribution >= 4 is 46.7 Å². The van der Waals surface area contributed by atoms with Gasteiger partial charge in [0.05, 0.1) is 5.52 Å². The molecule has 1 aromatic carbocycles. The van der Waals surface area contributed by atoms with E-state index in [0.717, 1.165) is 23.8 Å². The van der Waals surface area contributed by atoms with Crippen LogP contribution < -0.4 is 15.5 Å². The lowest BCUT2D eigenvalue weighted by molar-refractivity contribution is 0.0526. The number of benzene rings is 1. The largest absolute Gasteiger partial charge is 0.363 e. The Balaban J connectivity index is 0.00000256. The highest BCUT2D eigenvalue weighted by molar-refractivity contribution is 14.0. The monoisotopic (exact) mass is 522 g/mol. The van der Waals surface area contributed by atoms with E-state index in [4.69, 9.17) is 4.98 Å². The lowest BCUT2D eigenvalue weighted by atomic mass is 9.82. The molecule has 2 bridgehead atoms. The van der Waals surface area contributed by atoms with Gasteiger partial charge in [-0.1, -0.05) is 24.6 Å². The van der Waals surface area contributed by atoms with E-state index in [-0.39, 0.29) is 24.0 Å². The van der Waals surface area contributed by atoms with Crippen LogP contribution in [0, 0.1) is 0 Å². The average molecular weight is 522 g/mol. The fraction of sp³-hybridized carbons (Fsp3) is 0.565. The highest BCUT2D eigenvalue weighted by Gasteiger charge is 2.36. The number of piperidine rings is 2. The highest BCUT2D eigenvalue weighted by atomic mass is 127. The first-order valence-electron chi connectivity index (χ1n) is 10.8. The molecule has 0 spiro atoms. The minimum absolute atomic E-state index is 0. The van der Waals surface area contributed by atoms with E-state index >= 15 is 0 Å². The quantitative estimate of drug-likeness (QED) is 0.365. The van der Waals surface area contributed by atoms with Crippen molar-refractivity contribution in [3.63, 3.8) is 0 Å². The van der Waals surface area contributed by atoms with Crippen LogP contribution in [0.25, 0.3) is 10.9 Å². The van der Waals surface area contributed by atoms with Crippen LogP contribution in [0.4, 0.5) is 5.82 Å². The van der Waals surface area contributed by atoms with Crippen molar-refractivity contribution in [1.29, 1.82) is 0 Å². The number of rotatable bonds is 4. The topological polar surface area (TPSA) is 55.8 Å². The smallest absolute Gasteiger partial charge is 0.191 e. The van der Waals surface area contributed by atoms with Gasteiger partial charge in [-0.3, -0.25) is 4.99 Å². The molecule has 164 valence electrons. The third-order valence-corrected chi connectivity index (χ3v) is 6.60. The Morgan fingerprint density at radius 2 is 1.90 bits per heavy atom. The number of halogens is 1. The molecule has 2 aliphatic heterocycles. The lowest BCUT2D eigenvalue weighted by Crippen LogP contribution is -2.56. The molecule has 4 rings (SSSR count). The van der Waals surface area contributed by atoms with Crippen LogP contribution in [0.5, 0.6) is 0 Å². The molecule has 2 aromatic rings. The summed E-state index contributed by atoms with van der Waals surface area (Å²) in [6, 6.07) is 12.4. The van der Waals surface area contributed by atoms with Crippen molar-refractivity contribution < 1.29 is 0 Å². The standard InChI is InChI=1S/C23H34N6.HI/c1-24-23(26-17-13-18-8-7-9-19(14-17)29(18)4)25-15-16-12-22(28(2)3)27-21-11-6-5-10-20(16)21;/h5-6,10-12,17-19H,7-9,13-15H2,1-4H3,(H2,24,25,26);1H. The number of aromatic nitrogens is 1. The third-order valence-electron chi connectivity index (χ3n) is 6.60. The normalized spacial score (nSPS) is 24.3. The summed E-state index contributed by atoms with van der Waals surface area (Å²) in [5.41, 5.74) is 2.27. The van der Waals surface area contributed by atoms with Gasteiger partial charge in [-0.2, -0.15) is 0 Å². The highest BCUT2D eigenvalue weighted by Crippen LogP contribution is 2.32. The Labute approximate surface area is 197 Å². The third kappa shape index (κ3) is 4.99. The summed E-state index contributed by atoms with van der Waals surface area (Å²) in [5.74, 6) is 1.87. The first-order valence-corrected chi connectivity index (χ1v) is 10.8. The number of hydrogen-bond donors (Lipinski definition) is 2. The minimum Gasteiger partial charge on any atom is -0.363 e. The summed E-state index contributed by atoms with van der Waals surface area (Å²) in [6.45, 7) is 0.725. The van der Waals surface area contributed by atoms with Gasteiger partial charge in [0.15, 0.2) is 5.96 Å². The van der Waals surface area contributed by atoms with Gasteiger partial charge in [-0.15, -0.1) is 24.0 Å². The number of fused-ring (bicyclic) bond motifs is 3. The van der Waals surface area contributed by atoms with E-state index in [9.17, 15) is 0 Å². The van der Waals surface area contributed by atoms with Gasteiger partial charge in [0.1, 0.15) is 5.82 Å². The maximum Gasteiger partial charge on any atom is 0.191 e. The van der Waals surface area contributed by atoms with Crippen molar-refractivity contribution in [1.82, 2.24) is 20.5 Å². The van der Waals surface area contributed by atoms with E-state index in [2.05, 4.69) is 56.7 Å². The Bertz CT molecular complexity index is 869. The van der Waals surface area contributed by atoms with E-state index in [1.54, 1.807) is 0 Å². The van der Waals surface area contributed by atoms with Gasteiger partial charge >= 0.3 is 0 Å². The molecule has 0 aliphatic carbocycles. The minimum atomic E-state index is 0. The summed E-state index contributed by atoms with van der Waals surface area (Å²) in [7, 11) is 8.23.